The maximum absolute atomic E-state index is 10.1. The zero-order chi connectivity index (χ0) is 13.1. The highest BCUT2D eigenvalue weighted by Gasteiger charge is 2.14. The Morgan fingerprint density at radius 1 is 1.28 bits per heavy atom. The van der Waals surface area contributed by atoms with Crippen molar-refractivity contribution in [3.63, 3.8) is 0 Å². The van der Waals surface area contributed by atoms with Crippen LogP contribution >= 0.6 is 23.2 Å². The summed E-state index contributed by atoms with van der Waals surface area (Å²) in [5, 5.41) is 10.9. The van der Waals surface area contributed by atoms with Gasteiger partial charge in [0.1, 0.15) is 11.9 Å². The average molecular weight is 284 g/mol. The summed E-state index contributed by atoms with van der Waals surface area (Å²) < 4.78 is 0. The van der Waals surface area contributed by atoms with Gasteiger partial charge in [-0.2, -0.15) is 0 Å². The number of aliphatic hydroxyl groups is 1. The van der Waals surface area contributed by atoms with Gasteiger partial charge in [0.2, 0.25) is 0 Å². The van der Waals surface area contributed by atoms with E-state index in [1.807, 2.05) is 0 Å². The summed E-state index contributed by atoms with van der Waals surface area (Å²) in [6.07, 6.45) is 2.60. The molecule has 3 N–H and O–H groups in total. The summed E-state index contributed by atoms with van der Waals surface area (Å²) in [6, 6.07) is 5.03. The molecule has 0 aromatic carbocycles. The first-order valence-corrected chi connectivity index (χ1v) is 6.01. The number of aromatic nitrogens is 2. The molecule has 2 rings (SSSR count). The van der Waals surface area contributed by atoms with Gasteiger partial charge < -0.3 is 10.8 Å². The van der Waals surface area contributed by atoms with Crippen LogP contribution in [0.3, 0.4) is 0 Å². The molecule has 2 aromatic heterocycles. The molecule has 94 valence electrons. The topological polar surface area (TPSA) is 72.0 Å². The maximum atomic E-state index is 10.1. The number of halogens is 2. The van der Waals surface area contributed by atoms with Gasteiger partial charge in [-0.1, -0.05) is 23.2 Å². The van der Waals surface area contributed by atoms with E-state index in [9.17, 15) is 5.11 Å². The molecule has 1 unspecified atom stereocenters. The third-order valence-corrected chi connectivity index (χ3v) is 2.94. The van der Waals surface area contributed by atoms with Crippen molar-refractivity contribution in [2.45, 2.75) is 12.5 Å². The number of nitrogen functional groups attached to an aromatic ring is 1. The van der Waals surface area contributed by atoms with Crippen LogP contribution in [0.15, 0.2) is 30.6 Å². The maximum Gasteiger partial charge on any atom is 0.123 e. The molecule has 0 aliphatic rings. The van der Waals surface area contributed by atoms with Gasteiger partial charge in [0.05, 0.1) is 15.7 Å². The zero-order valence-electron chi connectivity index (χ0n) is 9.35. The minimum absolute atomic E-state index is 0.344. The molecule has 0 radical (unpaired) electrons. The number of nitrogens with two attached hydrogens (primary N) is 1. The second kappa shape index (κ2) is 5.52. The van der Waals surface area contributed by atoms with Gasteiger partial charge in [0, 0.05) is 18.8 Å². The Bertz CT molecular complexity index is 563. The summed E-state index contributed by atoms with van der Waals surface area (Å²) in [7, 11) is 0. The fourth-order valence-corrected chi connectivity index (χ4v) is 2.12. The zero-order valence-corrected chi connectivity index (χ0v) is 10.9. The van der Waals surface area contributed by atoms with Crippen LogP contribution in [0.25, 0.3) is 0 Å². The number of hydrogen-bond donors (Lipinski definition) is 2. The lowest BCUT2D eigenvalue weighted by Crippen LogP contribution is -2.05. The number of nitrogens with zero attached hydrogens (tertiary/aromatic N) is 2. The minimum atomic E-state index is -0.809. The van der Waals surface area contributed by atoms with E-state index in [0.29, 0.717) is 28.0 Å². The van der Waals surface area contributed by atoms with E-state index < -0.39 is 6.10 Å². The van der Waals surface area contributed by atoms with Crippen molar-refractivity contribution >= 4 is 29.0 Å². The van der Waals surface area contributed by atoms with Crippen LogP contribution in [0.4, 0.5) is 5.82 Å². The average Bonchev–Trinajstić information content (AvgIpc) is 2.28. The van der Waals surface area contributed by atoms with Gasteiger partial charge in [-0.15, -0.1) is 0 Å². The number of rotatable bonds is 3. The molecular weight excluding hydrogens is 273 g/mol. The van der Waals surface area contributed by atoms with Crippen LogP contribution < -0.4 is 5.73 Å². The number of anilines is 1. The lowest BCUT2D eigenvalue weighted by atomic mass is 10.1. The van der Waals surface area contributed by atoms with E-state index in [1.54, 1.807) is 24.4 Å². The van der Waals surface area contributed by atoms with Gasteiger partial charge in [-0.05, 0) is 23.8 Å². The van der Waals surface area contributed by atoms with E-state index in [4.69, 9.17) is 28.9 Å². The lowest BCUT2D eigenvalue weighted by Gasteiger charge is -2.12. The molecule has 18 heavy (non-hydrogen) atoms. The van der Waals surface area contributed by atoms with Crippen LogP contribution in [0, 0.1) is 0 Å². The van der Waals surface area contributed by atoms with Gasteiger partial charge >= 0.3 is 0 Å². The molecule has 0 aliphatic carbocycles. The molecule has 0 bridgehead atoms. The Labute approximate surface area is 114 Å². The van der Waals surface area contributed by atoms with E-state index in [1.165, 1.54) is 6.20 Å². The molecular formula is C12H11Cl2N3O. The van der Waals surface area contributed by atoms with Crippen LogP contribution in [0.1, 0.15) is 17.4 Å². The van der Waals surface area contributed by atoms with Crippen molar-refractivity contribution in [1.29, 1.82) is 0 Å². The number of hydrogen-bond acceptors (Lipinski definition) is 4. The Hall–Kier alpha value is -1.36. The highest BCUT2D eigenvalue weighted by molar-refractivity contribution is 6.34. The second-order valence-electron chi connectivity index (χ2n) is 3.83. The number of pyridine rings is 2. The lowest BCUT2D eigenvalue weighted by molar-refractivity contribution is 0.174. The summed E-state index contributed by atoms with van der Waals surface area (Å²) in [6.45, 7) is 0. The van der Waals surface area contributed by atoms with Crippen LogP contribution in [-0.4, -0.2) is 15.1 Å². The van der Waals surface area contributed by atoms with Crippen molar-refractivity contribution in [2.75, 3.05) is 5.73 Å². The van der Waals surface area contributed by atoms with Gasteiger partial charge in [-0.25, -0.2) is 4.98 Å². The van der Waals surface area contributed by atoms with E-state index in [2.05, 4.69) is 9.97 Å². The third kappa shape index (κ3) is 3.10. The summed E-state index contributed by atoms with van der Waals surface area (Å²) in [5.74, 6) is 0.412. The van der Waals surface area contributed by atoms with E-state index in [0.717, 1.165) is 5.56 Å². The summed E-state index contributed by atoms with van der Waals surface area (Å²) in [4.78, 5) is 7.92. The Morgan fingerprint density at radius 2 is 2.06 bits per heavy atom. The largest absolute Gasteiger partial charge is 0.386 e. The molecule has 2 heterocycles. The van der Waals surface area contributed by atoms with E-state index in [-0.39, 0.29) is 0 Å². The van der Waals surface area contributed by atoms with Crippen LogP contribution in [0.2, 0.25) is 10.0 Å². The predicted octanol–water partition coefficient (Wildman–Crippen LogP) is 2.64. The van der Waals surface area contributed by atoms with E-state index >= 15 is 0 Å². The summed E-state index contributed by atoms with van der Waals surface area (Å²) >= 11 is 11.7. The second-order valence-corrected chi connectivity index (χ2v) is 4.67. The molecule has 0 spiro atoms. The molecule has 1 atom stereocenters. The first kappa shape index (κ1) is 13.1. The molecule has 0 saturated carbocycles. The highest BCUT2D eigenvalue weighted by atomic mass is 35.5. The molecule has 0 aliphatic heterocycles. The Balaban J connectivity index is 2.19. The van der Waals surface area contributed by atoms with Crippen molar-refractivity contribution in [3.05, 3.63) is 51.9 Å². The normalized spacial score (nSPS) is 12.4. The molecule has 6 heteroatoms. The Morgan fingerprint density at radius 3 is 2.72 bits per heavy atom. The first-order chi connectivity index (χ1) is 8.56. The molecule has 0 fully saturated rings. The van der Waals surface area contributed by atoms with Gasteiger partial charge in [0.25, 0.3) is 0 Å². The molecule has 2 aromatic rings. The smallest absolute Gasteiger partial charge is 0.123 e. The third-order valence-electron chi connectivity index (χ3n) is 2.43. The predicted molar refractivity (Wildman–Crippen MR) is 71.6 cm³/mol. The van der Waals surface area contributed by atoms with Gasteiger partial charge in [0.15, 0.2) is 0 Å². The van der Waals surface area contributed by atoms with Crippen LogP contribution in [0.5, 0.6) is 0 Å². The molecule has 0 saturated heterocycles. The van der Waals surface area contributed by atoms with Crippen molar-refractivity contribution in [1.82, 2.24) is 9.97 Å². The van der Waals surface area contributed by atoms with Crippen molar-refractivity contribution in [3.8, 4) is 0 Å². The van der Waals surface area contributed by atoms with Crippen molar-refractivity contribution < 1.29 is 5.11 Å². The van der Waals surface area contributed by atoms with Gasteiger partial charge in [-0.3, -0.25) is 4.98 Å². The fourth-order valence-electron chi connectivity index (χ4n) is 1.61. The first-order valence-electron chi connectivity index (χ1n) is 5.25. The van der Waals surface area contributed by atoms with Crippen molar-refractivity contribution in [2.24, 2.45) is 0 Å². The highest BCUT2D eigenvalue weighted by Crippen LogP contribution is 2.26. The fraction of sp³-hybridized carbons (Fsp3) is 0.167. The Kier molecular flexibility index (Phi) is 4.01. The van der Waals surface area contributed by atoms with Crippen LogP contribution in [-0.2, 0) is 6.42 Å². The molecule has 4 nitrogen and oxygen atoms in total. The monoisotopic (exact) mass is 283 g/mol. The SMILES string of the molecule is Nc1cc(CC(O)c2ncc(Cl)cc2Cl)ccn1. The minimum Gasteiger partial charge on any atom is -0.386 e. The standard InChI is InChI=1S/C12H11Cl2N3O/c13-8-5-9(14)12(17-6-8)10(18)3-7-1-2-16-11(15)4-7/h1-2,4-6,10,18H,3H2,(H2,15,16). The molecule has 0 amide bonds. The quantitative estimate of drug-likeness (QED) is 0.908. The number of aliphatic hydroxyl groups excluding tert-OH is 1. The summed E-state index contributed by atoms with van der Waals surface area (Å²) in [5.41, 5.74) is 6.83.